The van der Waals surface area contributed by atoms with Gasteiger partial charge in [0.15, 0.2) is 5.16 Å². The van der Waals surface area contributed by atoms with Crippen LogP contribution in [-0.2, 0) is 0 Å². The molecule has 0 saturated carbocycles. The fourth-order valence-corrected chi connectivity index (χ4v) is 5.97. The van der Waals surface area contributed by atoms with Gasteiger partial charge >= 0.3 is 12.1 Å². The van der Waals surface area contributed by atoms with Crippen LogP contribution in [0.2, 0.25) is 0 Å². The van der Waals surface area contributed by atoms with E-state index < -0.39 is 0 Å². The lowest BCUT2D eigenvalue weighted by molar-refractivity contribution is 0.239. The number of nitrogens with zero attached hydrogens (tertiary/aromatic N) is 2. The van der Waals surface area contributed by atoms with E-state index in [1.165, 1.54) is 89.9 Å². The zero-order chi connectivity index (χ0) is 35.7. The van der Waals surface area contributed by atoms with Crippen LogP contribution in [0.4, 0.5) is 9.59 Å². The number of nitrogens with one attached hydrogen (secondary N) is 5. The largest absolute Gasteiger partial charge is 0.338 e. The van der Waals surface area contributed by atoms with Gasteiger partial charge in [-0.25, -0.2) is 14.6 Å². The SMILES string of the molecule is CCCCCNC(=O)NCCCC/C=C\CCCCCCBr.CCCCCNC(=O)NCCCC/C=C\CCCCCCSc1ncn[nH]1. The van der Waals surface area contributed by atoms with Crippen molar-refractivity contribution in [2.45, 2.75) is 160 Å². The summed E-state index contributed by atoms with van der Waals surface area (Å²) in [6.07, 6.45) is 36.9. The van der Waals surface area contributed by atoms with Gasteiger partial charge in [0.1, 0.15) is 6.33 Å². The molecule has 0 aliphatic carbocycles. The number of carbonyl (C=O) groups excluding carboxylic acids is 2. The van der Waals surface area contributed by atoms with Gasteiger partial charge in [0.2, 0.25) is 0 Å². The summed E-state index contributed by atoms with van der Waals surface area (Å²) in [5.74, 6) is 1.11. The highest BCUT2D eigenvalue weighted by atomic mass is 79.9. The van der Waals surface area contributed by atoms with Gasteiger partial charge in [0.05, 0.1) is 0 Å². The Labute approximate surface area is 312 Å². The highest BCUT2D eigenvalue weighted by Gasteiger charge is 1.99. The van der Waals surface area contributed by atoms with Crippen LogP contribution in [0.3, 0.4) is 0 Å². The van der Waals surface area contributed by atoms with Crippen LogP contribution in [0.5, 0.6) is 0 Å². The number of H-pyrrole nitrogens is 1. The topological polar surface area (TPSA) is 124 Å². The molecular weight excluding hydrogens is 698 g/mol. The standard InChI is InChI=1S/C20H37N5OS.C18H35BrN2O/c1-2-3-12-15-21-19(26)22-16-13-10-8-6-4-5-7-9-11-14-17-27-20-23-18-24-25-20;1-2-3-13-16-20-18(22)21-17-14-11-9-7-5-4-6-8-10-12-15-19/h4,6,18H,2-3,5,7-17H2,1H3,(H2,21,22,26)(H,23,24,25);5,7H,2-4,6,8-17H2,1H3,(H2,20,21,22)/b6-4-;7-5-. The summed E-state index contributed by atoms with van der Waals surface area (Å²) < 4.78 is 0. The Morgan fingerprint density at radius 1 is 0.612 bits per heavy atom. The molecule has 0 radical (unpaired) electrons. The molecule has 0 aliphatic heterocycles. The van der Waals surface area contributed by atoms with E-state index in [0.717, 1.165) is 93.8 Å². The van der Waals surface area contributed by atoms with Crippen molar-refractivity contribution in [3.05, 3.63) is 30.6 Å². The first-order valence-electron chi connectivity index (χ1n) is 19.5. The number of thioether (sulfide) groups is 1. The highest BCUT2D eigenvalue weighted by molar-refractivity contribution is 9.09. The Morgan fingerprint density at radius 3 is 1.43 bits per heavy atom. The van der Waals surface area contributed by atoms with Crippen LogP contribution in [0.1, 0.15) is 155 Å². The number of urea groups is 2. The lowest BCUT2D eigenvalue weighted by atomic mass is 10.1. The quantitative estimate of drug-likeness (QED) is 0.0216. The molecule has 0 spiro atoms. The highest BCUT2D eigenvalue weighted by Crippen LogP contribution is 2.14. The number of unbranched alkanes of at least 4 members (excludes halogenated alkanes) is 16. The maximum atomic E-state index is 11.5. The number of aromatic amines is 1. The van der Waals surface area contributed by atoms with E-state index in [4.69, 9.17) is 0 Å². The maximum absolute atomic E-state index is 11.5. The lowest BCUT2D eigenvalue weighted by Gasteiger charge is -2.06. The molecule has 5 N–H and O–H groups in total. The fourth-order valence-electron chi connectivity index (χ4n) is 4.79. The third-order valence-electron chi connectivity index (χ3n) is 7.78. The van der Waals surface area contributed by atoms with Gasteiger partial charge in [0.25, 0.3) is 0 Å². The van der Waals surface area contributed by atoms with Gasteiger partial charge in [-0.2, -0.15) is 5.10 Å². The molecule has 1 rings (SSSR count). The maximum Gasteiger partial charge on any atom is 0.314 e. The third-order valence-corrected chi connectivity index (χ3v) is 9.31. The molecule has 11 heteroatoms. The molecule has 9 nitrogen and oxygen atoms in total. The molecule has 4 amide bonds. The first kappa shape index (κ1) is 47.0. The van der Waals surface area contributed by atoms with Crippen LogP contribution in [0, 0.1) is 0 Å². The van der Waals surface area contributed by atoms with Gasteiger partial charge in [-0.15, -0.1) is 0 Å². The number of carbonyl (C=O) groups is 2. The summed E-state index contributed by atoms with van der Waals surface area (Å²) in [5.41, 5.74) is 0. The van der Waals surface area contributed by atoms with E-state index in [1.807, 2.05) is 0 Å². The van der Waals surface area contributed by atoms with E-state index in [0.29, 0.717) is 0 Å². The summed E-state index contributed by atoms with van der Waals surface area (Å²) in [6.45, 7) is 7.44. The number of halogens is 1. The average Bonchev–Trinajstić information content (AvgIpc) is 3.63. The second kappa shape index (κ2) is 40.4. The molecule has 1 heterocycles. The van der Waals surface area contributed by atoms with Crippen molar-refractivity contribution in [2.75, 3.05) is 37.3 Å². The van der Waals surface area contributed by atoms with E-state index in [9.17, 15) is 9.59 Å². The minimum atomic E-state index is -0.0270. The van der Waals surface area contributed by atoms with Crippen LogP contribution in [0.25, 0.3) is 0 Å². The number of alkyl halides is 1. The summed E-state index contributed by atoms with van der Waals surface area (Å²) in [7, 11) is 0. The number of hydrogen-bond donors (Lipinski definition) is 5. The van der Waals surface area contributed by atoms with E-state index >= 15 is 0 Å². The van der Waals surface area contributed by atoms with Gasteiger partial charge in [-0.05, 0) is 89.9 Å². The Bertz CT molecular complexity index is 887. The molecule has 0 aliphatic rings. The van der Waals surface area contributed by atoms with Crippen LogP contribution in [0.15, 0.2) is 35.8 Å². The number of rotatable bonds is 32. The summed E-state index contributed by atoms with van der Waals surface area (Å²) in [5, 5.41) is 20.4. The first-order chi connectivity index (χ1) is 24.1. The summed E-state index contributed by atoms with van der Waals surface area (Å²) in [4.78, 5) is 27.1. The number of amides is 4. The predicted molar refractivity (Wildman–Crippen MR) is 215 cm³/mol. The normalized spacial score (nSPS) is 11.1. The van der Waals surface area contributed by atoms with E-state index in [-0.39, 0.29) is 12.1 Å². The molecule has 49 heavy (non-hydrogen) atoms. The molecule has 0 saturated heterocycles. The van der Waals surface area contributed by atoms with Gasteiger partial charge in [0, 0.05) is 37.3 Å². The average molecular weight is 771 g/mol. The number of aromatic nitrogens is 3. The van der Waals surface area contributed by atoms with Gasteiger partial charge < -0.3 is 21.3 Å². The Balaban J connectivity index is 0.000000962. The predicted octanol–water partition coefficient (Wildman–Crippen LogP) is 10.6. The molecule has 0 atom stereocenters. The molecule has 0 unspecified atom stereocenters. The minimum absolute atomic E-state index is 0.0184. The van der Waals surface area contributed by atoms with Crippen molar-refractivity contribution in [1.29, 1.82) is 0 Å². The minimum Gasteiger partial charge on any atom is -0.338 e. The second-order valence-electron chi connectivity index (χ2n) is 12.4. The Hall–Kier alpha value is -2.01. The van der Waals surface area contributed by atoms with Crippen LogP contribution in [-0.4, -0.2) is 64.5 Å². The number of hydrogen-bond acceptors (Lipinski definition) is 5. The zero-order valence-electron chi connectivity index (χ0n) is 31.2. The van der Waals surface area contributed by atoms with Gasteiger partial charge in [-0.1, -0.05) is 117 Å². The molecule has 284 valence electrons. The summed E-state index contributed by atoms with van der Waals surface area (Å²) in [6, 6.07) is -0.0454. The molecule has 1 aromatic rings. The van der Waals surface area contributed by atoms with Gasteiger partial charge in [-0.3, -0.25) is 5.10 Å². The molecule has 1 aromatic heterocycles. The van der Waals surface area contributed by atoms with Crippen LogP contribution < -0.4 is 21.3 Å². The Kier molecular flexibility index (Phi) is 38.8. The monoisotopic (exact) mass is 769 g/mol. The molecule has 0 fully saturated rings. The summed E-state index contributed by atoms with van der Waals surface area (Å²) >= 11 is 5.20. The van der Waals surface area contributed by atoms with E-state index in [1.54, 1.807) is 18.1 Å². The third kappa shape index (κ3) is 38.6. The van der Waals surface area contributed by atoms with Crippen molar-refractivity contribution in [2.24, 2.45) is 0 Å². The van der Waals surface area contributed by atoms with Crippen molar-refractivity contribution in [1.82, 2.24) is 36.4 Å². The Morgan fingerprint density at radius 2 is 1.02 bits per heavy atom. The molecule has 0 aromatic carbocycles. The first-order valence-corrected chi connectivity index (χ1v) is 21.6. The van der Waals surface area contributed by atoms with Crippen LogP contribution >= 0.6 is 27.7 Å². The smallest absolute Gasteiger partial charge is 0.314 e. The second-order valence-corrected chi connectivity index (χ2v) is 14.3. The van der Waals surface area contributed by atoms with Crippen molar-refractivity contribution in [3.63, 3.8) is 0 Å². The van der Waals surface area contributed by atoms with Crippen molar-refractivity contribution in [3.8, 4) is 0 Å². The fraction of sp³-hybridized carbons (Fsp3) is 0.789. The molecule has 0 bridgehead atoms. The van der Waals surface area contributed by atoms with Crippen molar-refractivity contribution >= 4 is 39.8 Å². The zero-order valence-corrected chi connectivity index (χ0v) is 33.6. The lowest BCUT2D eigenvalue weighted by Crippen LogP contribution is -2.36. The van der Waals surface area contributed by atoms with Crippen molar-refractivity contribution < 1.29 is 9.59 Å². The molecular formula is C38H72BrN7O2S. The number of allylic oxidation sites excluding steroid dienone is 4. The van der Waals surface area contributed by atoms with E-state index in [2.05, 4.69) is 90.5 Å².